The van der Waals surface area contributed by atoms with Crippen molar-refractivity contribution < 1.29 is 37.0 Å². The van der Waals surface area contributed by atoms with Gasteiger partial charge in [-0.1, -0.05) is 31.9 Å². The monoisotopic (exact) mass is 562 g/mol. The van der Waals surface area contributed by atoms with E-state index in [0.29, 0.717) is 48.2 Å². The van der Waals surface area contributed by atoms with Crippen LogP contribution in [0.25, 0.3) is 6.08 Å². The summed E-state index contributed by atoms with van der Waals surface area (Å²) in [7, 11) is 0. The molecule has 1 unspecified atom stereocenters. The van der Waals surface area contributed by atoms with E-state index in [0.717, 1.165) is 24.8 Å². The Kier molecular flexibility index (Phi) is 11.4. The molecule has 0 amide bonds. The van der Waals surface area contributed by atoms with Gasteiger partial charge in [0.2, 0.25) is 0 Å². The van der Waals surface area contributed by atoms with Crippen LogP contribution >= 0.6 is 0 Å². The molecule has 2 aromatic rings. The van der Waals surface area contributed by atoms with Crippen molar-refractivity contribution in [2.24, 2.45) is 0 Å². The summed E-state index contributed by atoms with van der Waals surface area (Å²) in [6.07, 6.45) is 2.24. The van der Waals surface area contributed by atoms with E-state index >= 15 is 0 Å². The second-order valence-corrected chi connectivity index (χ2v) is 10.1. The number of carbonyl (C=O) groups excluding carboxylic acids is 2. The lowest BCUT2D eigenvalue weighted by Crippen LogP contribution is -2.30. The predicted molar refractivity (Wildman–Crippen MR) is 147 cm³/mol. The Morgan fingerprint density at radius 2 is 1.62 bits per heavy atom. The summed E-state index contributed by atoms with van der Waals surface area (Å²) in [4.78, 5) is 24.9. The highest BCUT2D eigenvalue weighted by Gasteiger charge is 2.31. The number of hydrogen-bond acceptors (Lipinski definition) is 7. The van der Waals surface area contributed by atoms with Crippen molar-refractivity contribution in [2.75, 3.05) is 24.7 Å². The molecule has 10 heteroatoms. The van der Waals surface area contributed by atoms with Crippen LogP contribution in [0.1, 0.15) is 79.3 Å². The number of carbonyl (C=O) groups is 2. The minimum Gasteiger partial charge on any atom is -0.462 e. The molecule has 0 saturated heterocycles. The fraction of sp³-hybridized carbons (Fsp3) is 0.467. The second-order valence-electron chi connectivity index (χ2n) is 10.1. The predicted octanol–water partition coefficient (Wildman–Crippen LogP) is 6.43. The van der Waals surface area contributed by atoms with E-state index in [1.165, 1.54) is 6.08 Å². The first-order valence-corrected chi connectivity index (χ1v) is 13.5. The third-order valence-corrected chi connectivity index (χ3v) is 6.74. The van der Waals surface area contributed by atoms with Gasteiger partial charge in [0, 0.05) is 23.4 Å². The molecule has 40 heavy (non-hydrogen) atoms. The molecule has 0 bridgehead atoms. The molecule has 0 aromatic heterocycles. The van der Waals surface area contributed by atoms with E-state index < -0.39 is 30.8 Å². The van der Waals surface area contributed by atoms with Gasteiger partial charge in [-0.25, -0.2) is 9.59 Å². The van der Waals surface area contributed by atoms with Crippen LogP contribution in [0.3, 0.4) is 0 Å². The lowest BCUT2D eigenvalue weighted by Gasteiger charge is -2.28. The van der Waals surface area contributed by atoms with E-state index in [2.05, 4.69) is 6.92 Å². The first-order chi connectivity index (χ1) is 19.0. The molecule has 0 radical (unpaired) electrons. The largest absolute Gasteiger partial charge is 0.462 e. The van der Waals surface area contributed by atoms with E-state index in [4.69, 9.17) is 25.7 Å². The van der Waals surface area contributed by atoms with Crippen molar-refractivity contribution in [2.45, 2.75) is 76.2 Å². The molecule has 4 N–H and O–H groups in total. The molecular weight excluding hydrogens is 525 g/mol. The Bertz CT molecular complexity index is 1120. The number of anilines is 2. The maximum Gasteiger partial charge on any atom is 0.411 e. The lowest BCUT2D eigenvalue weighted by atomic mass is 9.93. The number of hydrogen-bond donors (Lipinski definition) is 2. The Hall–Kier alpha value is -3.53. The Balaban J connectivity index is 1.46. The Morgan fingerprint density at radius 1 is 1.00 bits per heavy atom. The molecule has 1 aliphatic rings. The van der Waals surface area contributed by atoms with E-state index in [9.17, 15) is 22.8 Å². The number of halogens is 3. The molecule has 3 rings (SSSR count). The highest BCUT2D eigenvalue weighted by Crippen LogP contribution is 2.28. The maximum atomic E-state index is 12.5. The SMILES string of the molecule is CCCCC(COC(=O)C=Cc1ccc(C(=O)OC2CCC(OCC(F)(F)F)CC2)cc1)c1cc(N)cc(N)c1. The van der Waals surface area contributed by atoms with Crippen LogP contribution in [0.15, 0.2) is 48.5 Å². The number of ether oxygens (including phenoxy) is 3. The number of esters is 2. The van der Waals surface area contributed by atoms with Gasteiger partial charge in [-0.2, -0.15) is 13.2 Å². The van der Waals surface area contributed by atoms with Crippen molar-refractivity contribution in [1.29, 1.82) is 0 Å². The smallest absolute Gasteiger partial charge is 0.411 e. The molecule has 218 valence electrons. The van der Waals surface area contributed by atoms with Gasteiger partial charge in [-0.3, -0.25) is 0 Å². The zero-order chi connectivity index (χ0) is 29.1. The summed E-state index contributed by atoms with van der Waals surface area (Å²) in [6, 6.07) is 11.9. The van der Waals surface area contributed by atoms with Crippen LogP contribution in [0.4, 0.5) is 24.5 Å². The summed E-state index contributed by atoms with van der Waals surface area (Å²) in [5, 5.41) is 0. The molecule has 1 atom stereocenters. The average molecular weight is 563 g/mol. The molecular formula is C30H37F3N2O5. The van der Waals surface area contributed by atoms with Gasteiger partial charge in [0.05, 0.1) is 18.3 Å². The van der Waals surface area contributed by atoms with Gasteiger partial charge < -0.3 is 25.7 Å². The quantitative estimate of drug-likeness (QED) is 0.174. The topological polar surface area (TPSA) is 114 Å². The second kappa shape index (κ2) is 14.7. The van der Waals surface area contributed by atoms with E-state index in [1.54, 1.807) is 36.4 Å². The summed E-state index contributed by atoms with van der Waals surface area (Å²) < 4.78 is 52.9. The van der Waals surface area contributed by atoms with E-state index in [1.807, 2.05) is 12.1 Å². The number of nitrogen functional groups attached to an aromatic ring is 2. The minimum absolute atomic E-state index is 0.0177. The molecule has 0 aliphatic heterocycles. The van der Waals surface area contributed by atoms with Crippen molar-refractivity contribution in [1.82, 2.24) is 0 Å². The van der Waals surface area contributed by atoms with Gasteiger partial charge in [-0.05, 0) is 79.6 Å². The van der Waals surface area contributed by atoms with Crippen LogP contribution in [-0.4, -0.2) is 43.5 Å². The van der Waals surface area contributed by atoms with Crippen LogP contribution in [0, 0.1) is 0 Å². The molecule has 2 aromatic carbocycles. The molecule has 1 fully saturated rings. The molecule has 7 nitrogen and oxygen atoms in total. The Morgan fingerprint density at radius 3 is 2.23 bits per heavy atom. The maximum absolute atomic E-state index is 12.5. The summed E-state index contributed by atoms with van der Waals surface area (Å²) in [5.74, 6) is -1.01. The summed E-state index contributed by atoms with van der Waals surface area (Å²) in [6.45, 7) is 1.03. The normalized spacial score (nSPS) is 18.4. The highest BCUT2D eigenvalue weighted by molar-refractivity contribution is 5.90. The lowest BCUT2D eigenvalue weighted by molar-refractivity contribution is -0.189. The van der Waals surface area contributed by atoms with Gasteiger partial charge >= 0.3 is 18.1 Å². The number of nitrogens with two attached hydrogens (primary N) is 2. The van der Waals surface area contributed by atoms with Gasteiger partial charge in [0.25, 0.3) is 0 Å². The van der Waals surface area contributed by atoms with Crippen molar-refractivity contribution >= 4 is 29.4 Å². The van der Waals surface area contributed by atoms with Crippen LogP contribution in [-0.2, 0) is 19.0 Å². The third-order valence-electron chi connectivity index (χ3n) is 6.74. The molecule has 0 heterocycles. The highest BCUT2D eigenvalue weighted by atomic mass is 19.4. The van der Waals surface area contributed by atoms with Crippen molar-refractivity contribution in [3.63, 3.8) is 0 Å². The number of unbranched alkanes of at least 4 members (excludes halogenated alkanes) is 1. The average Bonchev–Trinajstić information content (AvgIpc) is 2.91. The molecule has 1 saturated carbocycles. The standard InChI is InChI=1S/C30H37F3N2O5/c1-2-3-4-22(23-15-24(34)17-25(35)16-23)18-38-28(36)14-7-20-5-8-21(9-6-20)29(37)40-27-12-10-26(11-13-27)39-19-30(31,32)33/h5-9,14-17,22,26-27H,2-4,10-13,18-19,34-35H2,1H3. The fourth-order valence-corrected chi connectivity index (χ4v) is 4.61. The molecule has 0 spiro atoms. The summed E-state index contributed by atoms with van der Waals surface area (Å²) >= 11 is 0. The van der Waals surface area contributed by atoms with Crippen LogP contribution in [0.2, 0.25) is 0 Å². The van der Waals surface area contributed by atoms with Crippen molar-refractivity contribution in [3.8, 4) is 0 Å². The van der Waals surface area contributed by atoms with Crippen LogP contribution in [0.5, 0.6) is 0 Å². The summed E-state index contributed by atoms with van der Waals surface area (Å²) in [5.41, 5.74) is 15.0. The van der Waals surface area contributed by atoms with Gasteiger partial charge in [0.15, 0.2) is 0 Å². The first-order valence-electron chi connectivity index (χ1n) is 13.5. The zero-order valence-electron chi connectivity index (χ0n) is 22.6. The number of benzene rings is 2. The third kappa shape index (κ3) is 10.6. The van der Waals surface area contributed by atoms with Gasteiger partial charge in [0.1, 0.15) is 12.7 Å². The van der Waals surface area contributed by atoms with Crippen molar-refractivity contribution in [3.05, 3.63) is 65.2 Å². The first kappa shape index (κ1) is 31.0. The Labute approximate surface area is 232 Å². The number of rotatable bonds is 12. The zero-order valence-corrected chi connectivity index (χ0v) is 22.6. The minimum atomic E-state index is -4.35. The molecule has 1 aliphatic carbocycles. The van der Waals surface area contributed by atoms with Gasteiger partial charge in [-0.15, -0.1) is 0 Å². The van der Waals surface area contributed by atoms with E-state index in [-0.39, 0.29) is 18.6 Å². The fourth-order valence-electron chi connectivity index (χ4n) is 4.61. The number of alkyl halides is 3. The van der Waals surface area contributed by atoms with Crippen LogP contribution < -0.4 is 11.5 Å².